The maximum Gasteiger partial charge on any atom is 0.326 e. The van der Waals surface area contributed by atoms with Crippen molar-refractivity contribution in [3.8, 4) is 0 Å². The van der Waals surface area contributed by atoms with E-state index in [0.29, 0.717) is 19.4 Å². The van der Waals surface area contributed by atoms with Crippen molar-refractivity contribution in [3.05, 3.63) is 71.8 Å². The van der Waals surface area contributed by atoms with E-state index in [4.69, 9.17) is 17.2 Å². The van der Waals surface area contributed by atoms with Crippen LogP contribution in [0.5, 0.6) is 0 Å². The Labute approximate surface area is 227 Å². The van der Waals surface area contributed by atoms with Crippen molar-refractivity contribution < 1.29 is 24.3 Å². The van der Waals surface area contributed by atoms with E-state index in [1.807, 2.05) is 12.1 Å². The first-order chi connectivity index (χ1) is 18.6. The minimum atomic E-state index is -1.20. The number of carboxylic acids is 1. The Kier molecular flexibility index (Phi) is 12.4. The number of carbonyl (C=O) groups excluding carboxylic acids is 3. The predicted octanol–water partition coefficient (Wildman–Crippen LogP) is -0.588. The van der Waals surface area contributed by atoms with Crippen LogP contribution in [-0.2, 0) is 32.0 Å². The molecule has 0 spiro atoms. The number of carboxylic acid groups (broad SMARTS) is 1. The van der Waals surface area contributed by atoms with E-state index >= 15 is 0 Å². The number of rotatable bonds is 15. The maximum absolute atomic E-state index is 13.2. The normalized spacial score (nSPS) is 13.7. The van der Waals surface area contributed by atoms with Gasteiger partial charge in [0.15, 0.2) is 5.96 Å². The first kappa shape index (κ1) is 30.8. The van der Waals surface area contributed by atoms with Crippen LogP contribution in [0.25, 0.3) is 0 Å². The summed E-state index contributed by atoms with van der Waals surface area (Å²) < 4.78 is 0. The molecular weight excluding hydrogens is 502 g/mol. The first-order valence-corrected chi connectivity index (χ1v) is 12.6. The summed E-state index contributed by atoms with van der Waals surface area (Å²) in [5, 5.41) is 17.4. The second-order valence-electron chi connectivity index (χ2n) is 9.13. The third-order valence-corrected chi connectivity index (χ3v) is 5.87. The molecule has 0 aliphatic carbocycles. The number of aliphatic imine (C=N–C) groups is 1. The van der Waals surface area contributed by atoms with E-state index in [1.165, 1.54) is 6.92 Å². The van der Waals surface area contributed by atoms with Crippen LogP contribution in [0.1, 0.15) is 30.9 Å². The molecule has 3 amide bonds. The molecule has 0 bridgehead atoms. The molecule has 2 aromatic carbocycles. The molecule has 0 saturated heterocycles. The molecule has 4 unspecified atom stereocenters. The zero-order chi connectivity index (χ0) is 28.8. The highest BCUT2D eigenvalue weighted by molar-refractivity contribution is 5.94. The Hall–Kier alpha value is -4.45. The molecule has 0 heterocycles. The second kappa shape index (κ2) is 15.7. The molecule has 2 aromatic rings. The van der Waals surface area contributed by atoms with E-state index in [1.54, 1.807) is 48.5 Å². The fraction of sp³-hybridized carbons (Fsp3) is 0.370. The lowest BCUT2D eigenvalue weighted by Crippen LogP contribution is -2.57. The van der Waals surface area contributed by atoms with Crippen LogP contribution in [-0.4, -0.2) is 65.5 Å². The Bertz CT molecular complexity index is 1120. The Morgan fingerprint density at radius 3 is 1.82 bits per heavy atom. The molecule has 4 atom stereocenters. The molecule has 10 N–H and O–H groups in total. The van der Waals surface area contributed by atoms with Crippen LogP contribution < -0.4 is 33.2 Å². The summed E-state index contributed by atoms with van der Waals surface area (Å²) in [4.78, 5) is 54.3. The van der Waals surface area contributed by atoms with Gasteiger partial charge in [-0.25, -0.2) is 4.79 Å². The topological polar surface area (TPSA) is 215 Å². The number of nitrogens with zero attached hydrogens (tertiary/aromatic N) is 1. The summed E-state index contributed by atoms with van der Waals surface area (Å²) in [6.07, 6.45) is 0.955. The SMILES string of the molecule is CC(NC(=O)C(N)CCCN=C(N)N)C(=O)NC(Cc1ccccc1)C(=O)NC(Cc1ccccc1)C(=O)O. The summed E-state index contributed by atoms with van der Waals surface area (Å²) in [5.74, 6) is -3.08. The fourth-order valence-corrected chi connectivity index (χ4v) is 3.71. The van der Waals surface area contributed by atoms with Gasteiger partial charge in [-0.3, -0.25) is 19.4 Å². The number of amides is 3. The van der Waals surface area contributed by atoms with Crippen LogP contribution in [0.4, 0.5) is 0 Å². The van der Waals surface area contributed by atoms with Gasteiger partial charge < -0.3 is 38.3 Å². The van der Waals surface area contributed by atoms with Crippen molar-refractivity contribution in [2.24, 2.45) is 22.2 Å². The molecule has 12 nitrogen and oxygen atoms in total. The molecule has 0 aliphatic rings. The summed E-state index contributed by atoms with van der Waals surface area (Å²) in [7, 11) is 0. The molecule has 39 heavy (non-hydrogen) atoms. The number of guanidine groups is 1. The molecule has 12 heteroatoms. The Morgan fingerprint density at radius 2 is 1.31 bits per heavy atom. The van der Waals surface area contributed by atoms with Gasteiger partial charge in [0.1, 0.15) is 18.1 Å². The van der Waals surface area contributed by atoms with Gasteiger partial charge in [0, 0.05) is 19.4 Å². The van der Waals surface area contributed by atoms with Gasteiger partial charge >= 0.3 is 5.97 Å². The van der Waals surface area contributed by atoms with Gasteiger partial charge in [-0.05, 0) is 30.9 Å². The van der Waals surface area contributed by atoms with Gasteiger partial charge in [-0.15, -0.1) is 0 Å². The largest absolute Gasteiger partial charge is 0.480 e. The number of benzene rings is 2. The molecule has 0 fully saturated rings. The van der Waals surface area contributed by atoms with Gasteiger partial charge in [0.05, 0.1) is 6.04 Å². The summed E-state index contributed by atoms with van der Waals surface area (Å²) in [5.41, 5.74) is 17.9. The Balaban J connectivity index is 2.06. The predicted molar refractivity (Wildman–Crippen MR) is 147 cm³/mol. The molecule has 0 radical (unpaired) electrons. The van der Waals surface area contributed by atoms with Gasteiger partial charge in [-0.1, -0.05) is 60.7 Å². The van der Waals surface area contributed by atoms with Gasteiger partial charge in [-0.2, -0.15) is 0 Å². The van der Waals surface area contributed by atoms with E-state index in [9.17, 15) is 24.3 Å². The monoisotopic (exact) mass is 539 g/mol. The zero-order valence-electron chi connectivity index (χ0n) is 21.9. The quantitative estimate of drug-likeness (QED) is 0.0880. The first-order valence-electron chi connectivity index (χ1n) is 12.6. The molecule has 210 valence electrons. The number of aliphatic carboxylic acids is 1. The lowest BCUT2D eigenvalue weighted by atomic mass is 10.0. The molecular formula is C27H37N7O5. The maximum atomic E-state index is 13.2. The van der Waals surface area contributed by atoms with Crippen LogP contribution in [0.15, 0.2) is 65.7 Å². The summed E-state index contributed by atoms with van der Waals surface area (Å²) >= 11 is 0. The molecule has 0 aromatic heterocycles. The third kappa shape index (κ3) is 11.2. The minimum Gasteiger partial charge on any atom is -0.480 e. The Morgan fingerprint density at radius 1 is 0.795 bits per heavy atom. The van der Waals surface area contributed by atoms with E-state index in [0.717, 1.165) is 11.1 Å². The number of nitrogens with one attached hydrogen (secondary N) is 3. The van der Waals surface area contributed by atoms with Crippen molar-refractivity contribution in [2.45, 2.75) is 56.8 Å². The van der Waals surface area contributed by atoms with Gasteiger partial charge in [0.25, 0.3) is 0 Å². The molecule has 2 rings (SSSR count). The van der Waals surface area contributed by atoms with Gasteiger partial charge in [0.2, 0.25) is 17.7 Å². The van der Waals surface area contributed by atoms with Crippen molar-refractivity contribution in [3.63, 3.8) is 0 Å². The highest BCUT2D eigenvalue weighted by Gasteiger charge is 2.29. The molecule has 0 saturated carbocycles. The summed E-state index contributed by atoms with van der Waals surface area (Å²) in [6.45, 7) is 1.78. The summed E-state index contributed by atoms with van der Waals surface area (Å²) in [6, 6.07) is 13.7. The van der Waals surface area contributed by atoms with Crippen LogP contribution in [0.3, 0.4) is 0 Å². The lowest BCUT2D eigenvalue weighted by molar-refractivity contribution is -0.142. The fourth-order valence-electron chi connectivity index (χ4n) is 3.71. The van der Waals surface area contributed by atoms with Crippen molar-refractivity contribution >= 4 is 29.7 Å². The standard InChI is InChI=1S/C27H37N7O5/c1-17(32-24(36)20(28)13-8-14-31-27(29)30)23(35)33-21(15-18-9-4-2-5-10-18)25(37)34-22(26(38)39)16-19-11-6-3-7-12-19/h2-7,9-12,17,20-22H,8,13-16,28H2,1H3,(H,32,36)(H,33,35)(H,34,37)(H,38,39)(H4,29,30,31). The van der Waals surface area contributed by atoms with Crippen molar-refractivity contribution in [2.75, 3.05) is 6.54 Å². The van der Waals surface area contributed by atoms with Crippen molar-refractivity contribution in [1.29, 1.82) is 0 Å². The van der Waals surface area contributed by atoms with Crippen LogP contribution in [0.2, 0.25) is 0 Å². The average Bonchev–Trinajstić information content (AvgIpc) is 2.91. The number of carbonyl (C=O) groups is 4. The number of hydrogen-bond acceptors (Lipinski definition) is 6. The highest BCUT2D eigenvalue weighted by Crippen LogP contribution is 2.07. The number of hydrogen-bond donors (Lipinski definition) is 7. The van der Waals surface area contributed by atoms with E-state index in [2.05, 4.69) is 20.9 Å². The van der Waals surface area contributed by atoms with Crippen molar-refractivity contribution in [1.82, 2.24) is 16.0 Å². The zero-order valence-corrected chi connectivity index (χ0v) is 21.9. The minimum absolute atomic E-state index is 0.0536. The average molecular weight is 540 g/mol. The second-order valence-corrected chi connectivity index (χ2v) is 9.13. The third-order valence-electron chi connectivity index (χ3n) is 5.87. The van der Waals surface area contributed by atoms with Crippen LogP contribution >= 0.6 is 0 Å². The van der Waals surface area contributed by atoms with Crippen LogP contribution in [0, 0.1) is 0 Å². The smallest absolute Gasteiger partial charge is 0.326 e. The van der Waals surface area contributed by atoms with E-state index < -0.39 is 47.9 Å². The lowest BCUT2D eigenvalue weighted by Gasteiger charge is -2.24. The molecule has 0 aliphatic heterocycles. The highest BCUT2D eigenvalue weighted by atomic mass is 16.4. The van der Waals surface area contributed by atoms with E-state index in [-0.39, 0.29) is 18.8 Å². The number of nitrogens with two attached hydrogens (primary N) is 3.